The van der Waals surface area contributed by atoms with E-state index in [4.69, 9.17) is 14.2 Å². The number of amides is 1. The van der Waals surface area contributed by atoms with Crippen LogP contribution in [0, 0.1) is 5.82 Å². The third-order valence-corrected chi connectivity index (χ3v) is 4.73. The first-order valence-electron chi connectivity index (χ1n) is 8.54. The van der Waals surface area contributed by atoms with Crippen LogP contribution >= 0.6 is 11.3 Å². The first kappa shape index (κ1) is 20.3. The molecule has 29 heavy (non-hydrogen) atoms. The Labute approximate surface area is 171 Å². The molecule has 0 aliphatic rings. The predicted octanol–water partition coefficient (Wildman–Crippen LogP) is 4.63. The van der Waals surface area contributed by atoms with Crippen LogP contribution in [0.15, 0.2) is 47.9 Å². The summed E-state index contributed by atoms with van der Waals surface area (Å²) < 4.78 is 29.2. The van der Waals surface area contributed by atoms with E-state index in [-0.39, 0.29) is 11.7 Å². The highest BCUT2D eigenvalue weighted by atomic mass is 32.1. The van der Waals surface area contributed by atoms with Crippen molar-refractivity contribution >= 4 is 28.5 Å². The molecular weight excluding hydrogens is 395 g/mol. The lowest BCUT2D eigenvalue weighted by molar-refractivity contribution is -0.111. The second-order valence-corrected chi connectivity index (χ2v) is 6.69. The topological polar surface area (TPSA) is 69.7 Å². The van der Waals surface area contributed by atoms with Gasteiger partial charge in [0.25, 0.3) is 0 Å². The number of thiazole rings is 1. The van der Waals surface area contributed by atoms with Crippen molar-refractivity contribution in [1.29, 1.82) is 0 Å². The summed E-state index contributed by atoms with van der Waals surface area (Å²) in [5, 5.41) is 4.87. The average molecular weight is 414 g/mol. The van der Waals surface area contributed by atoms with E-state index in [2.05, 4.69) is 10.3 Å². The fraction of sp³-hybridized carbons (Fsp3) is 0.143. The molecule has 1 aromatic heterocycles. The molecule has 1 amide bonds. The van der Waals surface area contributed by atoms with Gasteiger partial charge in [0.1, 0.15) is 5.82 Å². The molecule has 0 spiro atoms. The summed E-state index contributed by atoms with van der Waals surface area (Å²) in [5.74, 6) is 0.774. The number of halogens is 1. The SMILES string of the molecule is COc1cc(/C=C/C(=O)Nc2nc(-c3cccc(F)c3)cs2)cc(OC)c1OC. The van der Waals surface area contributed by atoms with E-state index >= 15 is 0 Å². The monoisotopic (exact) mass is 414 g/mol. The normalized spacial score (nSPS) is 10.8. The van der Waals surface area contributed by atoms with Gasteiger partial charge in [-0.15, -0.1) is 11.3 Å². The first-order chi connectivity index (χ1) is 14.0. The number of nitrogens with zero attached hydrogens (tertiary/aromatic N) is 1. The van der Waals surface area contributed by atoms with Gasteiger partial charge in [-0.3, -0.25) is 10.1 Å². The maximum Gasteiger partial charge on any atom is 0.250 e. The number of benzene rings is 2. The highest BCUT2D eigenvalue weighted by molar-refractivity contribution is 7.14. The van der Waals surface area contributed by atoms with Gasteiger partial charge in [-0.1, -0.05) is 12.1 Å². The number of aromatic nitrogens is 1. The van der Waals surface area contributed by atoms with Gasteiger partial charge in [0, 0.05) is 17.0 Å². The smallest absolute Gasteiger partial charge is 0.250 e. The molecule has 150 valence electrons. The molecule has 8 heteroatoms. The van der Waals surface area contributed by atoms with Crippen molar-refractivity contribution in [2.24, 2.45) is 0 Å². The number of carbonyl (C=O) groups excluding carboxylic acids is 1. The van der Waals surface area contributed by atoms with Crippen molar-refractivity contribution in [3.63, 3.8) is 0 Å². The van der Waals surface area contributed by atoms with Crippen LogP contribution in [0.5, 0.6) is 17.2 Å². The van der Waals surface area contributed by atoms with E-state index in [1.807, 2.05) is 0 Å². The van der Waals surface area contributed by atoms with E-state index in [9.17, 15) is 9.18 Å². The van der Waals surface area contributed by atoms with Crippen molar-refractivity contribution < 1.29 is 23.4 Å². The zero-order valence-electron chi connectivity index (χ0n) is 16.1. The van der Waals surface area contributed by atoms with Gasteiger partial charge in [0.15, 0.2) is 16.6 Å². The van der Waals surface area contributed by atoms with Crippen LogP contribution in [0.25, 0.3) is 17.3 Å². The summed E-state index contributed by atoms with van der Waals surface area (Å²) in [6.07, 6.45) is 3.00. The van der Waals surface area contributed by atoms with E-state index in [0.29, 0.717) is 39.2 Å². The van der Waals surface area contributed by atoms with Crippen LogP contribution in [0.1, 0.15) is 5.56 Å². The summed E-state index contributed by atoms with van der Waals surface area (Å²) in [6.45, 7) is 0. The molecule has 2 aromatic carbocycles. The molecule has 0 bridgehead atoms. The van der Waals surface area contributed by atoms with Crippen molar-refractivity contribution in [3.05, 3.63) is 59.2 Å². The molecule has 0 aliphatic heterocycles. The molecule has 3 rings (SSSR count). The number of hydrogen-bond donors (Lipinski definition) is 1. The Morgan fingerprint density at radius 2 is 1.83 bits per heavy atom. The highest BCUT2D eigenvalue weighted by Crippen LogP contribution is 2.38. The summed E-state index contributed by atoms with van der Waals surface area (Å²) in [6, 6.07) is 9.60. The van der Waals surface area contributed by atoms with Gasteiger partial charge in [0.05, 0.1) is 27.0 Å². The molecular formula is C21H19FN2O4S. The maximum atomic E-state index is 13.4. The van der Waals surface area contributed by atoms with E-state index in [0.717, 1.165) is 0 Å². The number of nitrogens with one attached hydrogen (secondary N) is 1. The molecule has 1 heterocycles. The Bertz CT molecular complexity index is 1020. The van der Waals surface area contributed by atoms with Crippen LogP contribution in [0.3, 0.4) is 0 Å². The second kappa shape index (κ2) is 9.20. The number of anilines is 1. The van der Waals surface area contributed by atoms with E-state index in [1.54, 1.807) is 35.7 Å². The van der Waals surface area contributed by atoms with Crippen molar-refractivity contribution in [2.45, 2.75) is 0 Å². The minimum absolute atomic E-state index is 0.339. The van der Waals surface area contributed by atoms with Gasteiger partial charge in [0.2, 0.25) is 11.7 Å². The molecule has 0 saturated carbocycles. The Hall–Kier alpha value is -3.39. The highest BCUT2D eigenvalue weighted by Gasteiger charge is 2.12. The lowest BCUT2D eigenvalue weighted by Crippen LogP contribution is -2.07. The average Bonchev–Trinajstić information content (AvgIpc) is 3.19. The zero-order valence-corrected chi connectivity index (χ0v) is 16.9. The Morgan fingerprint density at radius 1 is 1.10 bits per heavy atom. The van der Waals surface area contributed by atoms with Crippen molar-refractivity contribution in [1.82, 2.24) is 4.98 Å². The number of rotatable bonds is 7. The van der Waals surface area contributed by atoms with Gasteiger partial charge >= 0.3 is 0 Å². The molecule has 0 saturated heterocycles. The zero-order chi connectivity index (χ0) is 20.8. The van der Waals surface area contributed by atoms with Gasteiger partial charge < -0.3 is 14.2 Å². The molecule has 0 unspecified atom stereocenters. The molecule has 6 nitrogen and oxygen atoms in total. The first-order valence-corrected chi connectivity index (χ1v) is 9.42. The Morgan fingerprint density at radius 3 is 2.45 bits per heavy atom. The van der Waals surface area contributed by atoms with Crippen LogP contribution in [-0.2, 0) is 4.79 Å². The van der Waals surface area contributed by atoms with Crippen LogP contribution in [-0.4, -0.2) is 32.2 Å². The number of hydrogen-bond acceptors (Lipinski definition) is 6. The Balaban J connectivity index is 1.72. The minimum atomic E-state index is -0.348. The van der Waals surface area contributed by atoms with Crippen LogP contribution < -0.4 is 19.5 Å². The molecule has 0 atom stereocenters. The van der Waals surface area contributed by atoms with Gasteiger partial charge in [-0.2, -0.15) is 0 Å². The third-order valence-electron chi connectivity index (χ3n) is 3.97. The summed E-state index contributed by atoms with van der Waals surface area (Å²) in [5.41, 5.74) is 1.95. The molecule has 0 fully saturated rings. The number of carbonyl (C=O) groups is 1. The van der Waals surface area contributed by atoms with Crippen LogP contribution in [0.2, 0.25) is 0 Å². The fourth-order valence-corrected chi connectivity index (χ4v) is 3.35. The van der Waals surface area contributed by atoms with Crippen molar-refractivity contribution in [2.75, 3.05) is 26.6 Å². The van der Waals surface area contributed by atoms with E-state index in [1.165, 1.54) is 50.9 Å². The van der Waals surface area contributed by atoms with Gasteiger partial charge in [-0.25, -0.2) is 9.37 Å². The number of ether oxygens (including phenoxy) is 3. The molecule has 0 aliphatic carbocycles. The fourth-order valence-electron chi connectivity index (χ4n) is 2.63. The maximum absolute atomic E-state index is 13.4. The summed E-state index contributed by atoms with van der Waals surface area (Å²) in [7, 11) is 4.57. The summed E-state index contributed by atoms with van der Waals surface area (Å²) >= 11 is 1.26. The lowest BCUT2D eigenvalue weighted by Gasteiger charge is -2.12. The minimum Gasteiger partial charge on any atom is -0.493 e. The number of methoxy groups -OCH3 is 3. The summed E-state index contributed by atoms with van der Waals surface area (Å²) in [4.78, 5) is 16.6. The molecule has 3 aromatic rings. The standard InChI is InChI=1S/C21H19FN2O4S/c1-26-17-9-13(10-18(27-2)20(17)28-3)7-8-19(25)24-21-23-16(12-29-21)14-5-4-6-15(22)11-14/h4-12H,1-3H3,(H,23,24,25)/b8-7+. The van der Waals surface area contributed by atoms with Crippen LogP contribution in [0.4, 0.5) is 9.52 Å². The Kier molecular flexibility index (Phi) is 6.46. The molecule has 1 N–H and O–H groups in total. The second-order valence-electron chi connectivity index (χ2n) is 5.83. The largest absolute Gasteiger partial charge is 0.493 e. The third kappa shape index (κ3) is 4.91. The van der Waals surface area contributed by atoms with Gasteiger partial charge in [-0.05, 0) is 35.9 Å². The van der Waals surface area contributed by atoms with E-state index < -0.39 is 0 Å². The molecule has 0 radical (unpaired) electrons. The van der Waals surface area contributed by atoms with Crippen molar-refractivity contribution in [3.8, 4) is 28.5 Å². The lowest BCUT2D eigenvalue weighted by atomic mass is 10.1. The quantitative estimate of drug-likeness (QED) is 0.571. The predicted molar refractivity (Wildman–Crippen MR) is 111 cm³/mol.